The molecule has 1 aromatic rings. The highest BCUT2D eigenvalue weighted by Crippen LogP contribution is 2.19. The molecule has 20 heavy (non-hydrogen) atoms. The van der Waals surface area contributed by atoms with Crippen LogP contribution in [0.15, 0.2) is 24.3 Å². The average molecular weight is 303 g/mol. The fraction of sp³-hybridized carbons (Fsp3) is 0.538. The molecule has 2 N–H and O–H groups in total. The lowest BCUT2D eigenvalue weighted by Gasteiger charge is -2.31. The highest BCUT2D eigenvalue weighted by Gasteiger charge is 2.31. The molecule has 0 aliphatic carbocycles. The molecule has 2 rings (SSSR count). The van der Waals surface area contributed by atoms with E-state index in [1.807, 2.05) is 0 Å². The van der Waals surface area contributed by atoms with Crippen LogP contribution in [0.5, 0.6) is 0 Å². The van der Waals surface area contributed by atoms with Crippen LogP contribution >= 0.6 is 0 Å². The summed E-state index contributed by atoms with van der Waals surface area (Å²) in [5, 5.41) is 10.2. The Bertz CT molecular complexity index is 555. The molecular weight excluding hydrogens is 285 g/mol. The number of hydrogen-bond donors (Lipinski definition) is 2. The third-order valence-corrected chi connectivity index (χ3v) is 4.59. The second-order valence-corrected chi connectivity index (χ2v) is 6.85. The first-order valence-corrected chi connectivity index (χ1v) is 8.06. The Morgan fingerprint density at radius 2 is 2.05 bits per heavy atom. The molecule has 0 radical (unpaired) electrons. The second-order valence-electron chi connectivity index (χ2n) is 5.05. The molecule has 0 spiro atoms. The molecular formula is C13H18FNO4S. The van der Waals surface area contributed by atoms with E-state index in [9.17, 15) is 17.9 Å². The summed E-state index contributed by atoms with van der Waals surface area (Å²) < 4.78 is 44.4. The highest BCUT2D eigenvalue weighted by atomic mass is 32.2. The molecule has 5 nitrogen and oxygen atoms in total. The summed E-state index contributed by atoms with van der Waals surface area (Å²) in [6.45, 7) is 0.790. The van der Waals surface area contributed by atoms with E-state index in [4.69, 9.17) is 4.74 Å². The van der Waals surface area contributed by atoms with Gasteiger partial charge in [0.1, 0.15) is 5.82 Å². The van der Waals surface area contributed by atoms with Gasteiger partial charge in [-0.05, 0) is 17.7 Å². The number of benzene rings is 1. The normalized spacial score (nSPS) is 18.9. The summed E-state index contributed by atoms with van der Waals surface area (Å²) in [7, 11) is -3.61. The number of aliphatic hydroxyl groups is 1. The van der Waals surface area contributed by atoms with Crippen LogP contribution in [0.1, 0.15) is 18.4 Å². The molecule has 0 atom stereocenters. The van der Waals surface area contributed by atoms with E-state index in [1.165, 1.54) is 18.2 Å². The van der Waals surface area contributed by atoms with Crippen molar-refractivity contribution in [3.05, 3.63) is 35.6 Å². The van der Waals surface area contributed by atoms with Gasteiger partial charge in [0.05, 0.1) is 11.4 Å². The Kier molecular flexibility index (Phi) is 4.74. The minimum Gasteiger partial charge on any atom is -0.388 e. The van der Waals surface area contributed by atoms with E-state index in [0.717, 1.165) is 0 Å². The van der Waals surface area contributed by atoms with Gasteiger partial charge < -0.3 is 9.84 Å². The van der Waals surface area contributed by atoms with Crippen LogP contribution in [0, 0.1) is 5.82 Å². The molecule has 1 heterocycles. The molecule has 1 aliphatic rings. The van der Waals surface area contributed by atoms with Gasteiger partial charge in [-0.25, -0.2) is 17.5 Å². The molecule has 0 aromatic heterocycles. The lowest BCUT2D eigenvalue weighted by atomic mass is 9.95. The van der Waals surface area contributed by atoms with Crippen molar-refractivity contribution >= 4 is 10.0 Å². The van der Waals surface area contributed by atoms with Gasteiger partial charge >= 0.3 is 0 Å². The zero-order valence-corrected chi connectivity index (χ0v) is 11.8. The van der Waals surface area contributed by atoms with Crippen LogP contribution in [-0.2, 0) is 20.5 Å². The number of sulfonamides is 1. The first-order valence-electron chi connectivity index (χ1n) is 6.41. The Hall–Kier alpha value is -1.02. The highest BCUT2D eigenvalue weighted by molar-refractivity contribution is 7.88. The van der Waals surface area contributed by atoms with Gasteiger partial charge in [-0.15, -0.1) is 0 Å². The maximum absolute atomic E-state index is 13.0. The van der Waals surface area contributed by atoms with Crippen LogP contribution in [0.2, 0.25) is 0 Å². The van der Waals surface area contributed by atoms with Crippen LogP contribution in [0.25, 0.3) is 0 Å². The molecule has 1 saturated heterocycles. The Balaban J connectivity index is 1.94. The van der Waals surface area contributed by atoms with Crippen molar-refractivity contribution in [2.24, 2.45) is 0 Å². The van der Waals surface area contributed by atoms with E-state index >= 15 is 0 Å². The standard InChI is InChI=1S/C13H18FNO4S/c14-12-3-1-2-11(8-12)9-20(17,18)15-10-13(16)4-6-19-7-5-13/h1-3,8,15-16H,4-7,9-10H2. The third-order valence-electron chi connectivity index (χ3n) is 3.29. The summed E-state index contributed by atoms with van der Waals surface area (Å²) in [5.41, 5.74) is -0.691. The van der Waals surface area contributed by atoms with Gasteiger partial charge in [0.2, 0.25) is 10.0 Å². The Morgan fingerprint density at radius 3 is 2.70 bits per heavy atom. The third kappa shape index (κ3) is 4.52. The van der Waals surface area contributed by atoms with Crippen LogP contribution in [-0.4, -0.2) is 38.9 Å². The number of hydrogen-bond acceptors (Lipinski definition) is 4. The predicted octanol–water partition coefficient (Wildman–Crippen LogP) is 0.787. The fourth-order valence-electron chi connectivity index (χ4n) is 2.07. The minimum atomic E-state index is -3.61. The average Bonchev–Trinajstić information content (AvgIpc) is 2.37. The number of ether oxygens (including phenoxy) is 1. The van der Waals surface area contributed by atoms with E-state index in [-0.39, 0.29) is 12.3 Å². The Labute approximate surface area is 117 Å². The van der Waals surface area contributed by atoms with Gasteiger partial charge in [-0.2, -0.15) is 0 Å². The summed E-state index contributed by atoms with van der Waals surface area (Å²) in [6, 6.07) is 5.45. The SMILES string of the molecule is O=S(=O)(Cc1cccc(F)c1)NCC1(O)CCOCC1. The van der Waals surface area contributed by atoms with Gasteiger partial charge in [0.25, 0.3) is 0 Å². The molecule has 112 valence electrons. The maximum atomic E-state index is 13.0. The van der Waals surface area contributed by atoms with Crippen molar-refractivity contribution < 1.29 is 22.7 Å². The molecule has 1 aromatic carbocycles. The van der Waals surface area contributed by atoms with Crippen LogP contribution in [0.3, 0.4) is 0 Å². The fourth-order valence-corrected chi connectivity index (χ4v) is 3.28. The van der Waals surface area contributed by atoms with Crippen molar-refractivity contribution in [2.45, 2.75) is 24.2 Å². The van der Waals surface area contributed by atoms with Gasteiger partial charge in [-0.3, -0.25) is 0 Å². The second kappa shape index (κ2) is 6.17. The summed E-state index contributed by atoms with van der Waals surface area (Å²) >= 11 is 0. The van der Waals surface area contributed by atoms with E-state index < -0.39 is 21.4 Å². The van der Waals surface area contributed by atoms with Crippen molar-refractivity contribution in [1.82, 2.24) is 4.72 Å². The van der Waals surface area contributed by atoms with Gasteiger partial charge in [-0.1, -0.05) is 12.1 Å². The maximum Gasteiger partial charge on any atom is 0.215 e. The Morgan fingerprint density at radius 1 is 1.35 bits per heavy atom. The zero-order chi connectivity index (χ0) is 14.6. The zero-order valence-electron chi connectivity index (χ0n) is 11.0. The van der Waals surface area contributed by atoms with E-state index in [2.05, 4.69) is 4.72 Å². The lowest BCUT2D eigenvalue weighted by molar-refractivity contribution is -0.0588. The molecule has 0 saturated carbocycles. The molecule has 7 heteroatoms. The van der Waals surface area contributed by atoms with Crippen molar-refractivity contribution in [1.29, 1.82) is 0 Å². The number of rotatable bonds is 5. The van der Waals surface area contributed by atoms with Crippen LogP contribution < -0.4 is 4.72 Å². The summed E-state index contributed by atoms with van der Waals surface area (Å²) in [6.07, 6.45) is 0.797. The summed E-state index contributed by atoms with van der Waals surface area (Å²) in [5.74, 6) is -0.780. The summed E-state index contributed by atoms with van der Waals surface area (Å²) in [4.78, 5) is 0. The largest absolute Gasteiger partial charge is 0.388 e. The van der Waals surface area contributed by atoms with Gasteiger partial charge in [0.15, 0.2) is 0 Å². The quantitative estimate of drug-likeness (QED) is 0.843. The number of nitrogens with one attached hydrogen (secondary N) is 1. The molecule has 0 unspecified atom stereocenters. The lowest BCUT2D eigenvalue weighted by Crippen LogP contribution is -2.46. The molecule has 1 aliphatic heterocycles. The molecule has 0 bridgehead atoms. The minimum absolute atomic E-state index is 0.0476. The van der Waals surface area contributed by atoms with E-state index in [0.29, 0.717) is 31.6 Å². The van der Waals surface area contributed by atoms with Crippen molar-refractivity contribution in [3.8, 4) is 0 Å². The van der Waals surface area contributed by atoms with Crippen LogP contribution in [0.4, 0.5) is 4.39 Å². The van der Waals surface area contributed by atoms with E-state index in [1.54, 1.807) is 6.07 Å². The van der Waals surface area contributed by atoms with Crippen molar-refractivity contribution in [3.63, 3.8) is 0 Å². The topological polar surface area (TPSA) is 75.6 Å². The monoisotopic (exact) mass is 303 g/mol. The predicted molar refractivity (Wildman–Crippen MR) is 72.0 cm³/mol. The van der Waals surface area contributed by atoms with Gasteiger partial charge in [0, 0.05) is 32.6 Å². The molecule has 1 fully saturated rings. The number of halogens is 1. The van der Waals surface area contributed by atoms with Crippen molar-refractivity contribution in [2.75, 3.05) is 19.8 Å². The first-order chi connectivity index (χ1) is 9.39. The smallest absolute Gasteiger partial charge is 0.215 e. The first kappa shape index (κ1) is 15.4. The molecule has 0 amide bonds.